The number of hydrogen-bond acceptors (Lipinski definition) is 2. The van der Waals surface area contributed by atoms with Gasteiger partial charge < -0.3 is 5.73 Å². The highest BCUT2D eigenvalue weighted by Gasteiger charge is 2.36. The number of pyridine rings is 2. The van der Waals surface area contributed by atoms with E-state index in [2.05, 4.69) is 44.0 Å². The number of hydrogen-bond donors (Lipinski definition) is 0. The van der Waals surface area contributed by atoms with E-state index in [4.69, 9.17) is 10.7 Å². The second-order valence-electron chi connectivity index (χ2n) is 8.05. The minimum atomic E-state index is 0.393. The standard InChI is InChI=1S/C23H28N3/c1-4-16-10-20-22(24)19(21-9-8-14(2)12-25-21)11-18(17-6-5-7-17)15(3)23(20)26-13-16/h8-10,12-13,15,17-18,24H,4-7,11H2,1-3H3/q-1. The second kappa shape index (κ2) is 6.86. The van der Waals surface area contributed by atoms with Crippen LogP contribution in [0.4, 0.5) is 0 Å². The number of nitrogens with one attached hydrogen (secondary N) is 1. The Balaban J connectivity index is 1.87. The van der Waals surface area contributed by atoms with Gasteiger partial charge in [-0.05, 0) is 66.0 Å². The molecule has 1 saturated carbocycles. The average Bonchev–Trinajstić information content (AvgIpc) is 2.71. The maximum absolute atomic E-state index is 9.01. The largest absolute Gasteiger partial charge is 0.698 e. The summed E-state index contributed by atoms with van der Waals surface area (Å²) in [5, 5.41) is 0. The number of aryl methyl sites for hydroxylation is 2. The average molecular weight is 346 g/mol. The third-order valence-corrected chi connectivity index (χ3v) is 6.44. The molecule has 1 N–H and O–H groups in total. The first kappa shape index (κ1) is 17.3. The number of rotatable bonds is 3. The van der Waals surface area contributed by atoms with Crippen LogP contribution in [-0.2, 0) is 6.42 Å². The first-order valence-corrected chi connectivity index (χ1v) is 9.95. The molecule has 0 bridgehead atoms. The molecule has 3 nitrogen and oxygen atoms in total. The minimum Gasteiger partial charge on any atom is -0.698 e. The summed E-state index contributed by atoms with van der Waals surface area (Å²) < 4.78 is 0. The molecule has 0 saturated heterocycles. The molecule has 0 radical (unpaired) electrons. The fourth-order valence-corrected chi connectivity index (χ4v) is 4.48. The molecule has 2 unspecified atom stereocenters. The summed E-state index contributed by atoms with van der Waals surface area (Å²) in [6, 6.07) is 6.39. The summed E-state index contributed by atoms with van der Waals surface area (Å²) in [5.41, 5.74) is 16.2. The SMILES string of the molecule is CCc1cnc2c(c1)C([NH-])=C(c1ccc(C)cn1)CC(C1CCC1)C2C. The van der Waals surface area contributed by atoms with Crippen molar-refractivity contribution in [2.24, 2.45) is 11.8 Å². The van der Waals surface area contributed by atoms with Crippen LogP contribution >= 0.6 is 0 Å². The molecular formula is C23H28N3-. The normalized spacial score (nSPS) is 23.3. The second-order valence-corrected chi connectivity index (χ2v) is 8.05. The van der Waals surface area contributed by atoms with Gasteiger partial charge in [0.15, 0.2) is 0 Å². The minimum absolute atomic E-state index is 0.393. The van der Waals surface area contributed by atoms with Crippen LogP contribution in [0.15, 0.2) is 30.6 Å². The predicted octanol–water partition coefficient (Wildman–Crippen LogP) is 6.19. The van der Waals surface area contributed by atoms with E-state index in [1.54, 1.807) is 0 Å². The molecule has 2 aromatic rings. The van der Waals surface area contributed by atoms with Crippen LogP contribution in [0.1, 0.15) is 73.5 Å². The van der Waals surface area contributed by atoms with Crippen molar-refractivity contribution in [1.29, 1.82) is 0 Å². The third-order valence-electron chi connectivity index (χ3n) is 6.44. The monoisotopic (exact) mass is 346 g/mol. The molecule has 0 aromatic carbocycles. The van der Waals surface area contributed by atoms with Crippen molar-refractivity contribution in [3.8, 4) is 0 Å². The van der Waals surface area contributed by atoms with Gasteiger partial charge in [0.2, 0.25) is 0 Å². The van der Waals surface area contributed by atoms with Gasteiger partial charge in [0.05, 0.1) is 5.69 Å². The Labute approximate surface area is 156 Å². The van der Waals surface area contributed by atoms with E-state index in [0.29, 0.717) is 17.5 Å². The lowest BCUT2D eigenvalue weighted by Crippen LogP contribution is -2.26. The van der Waals surface area contributed by atoms with Gasteiger partial charge in [-0.1, -0.05) is 39.2 Å². The molecule has 0 aliphatic heterocycles. The summed E-state index contributed by atoms with van der Waals surface area (Å²) >= 11 is 0. The summed E-state index contributed by atoms with van der Waals surface area (Å²) in [5.74, 6) is 1.71. The van der Waals surface area contributed by atoms with Gasteiger partial charge in [-0.2, -0.15) is 0 Å². The van der Waals surface area contributed by atoms with Gasteiger partial charge in [-0.3, -0.25) is 9.97 Å². The lowest BCUT2D eigenvalue weighted by atomic mass is 9.68. The van der Waals surface area contributed by atoms with E-state index in [0.717, 1.165) is 46.8 Å². The smallest absolute Gasteiger partial charge is 0.0649 e. The zero-order valence-corrected chi connectivity index (χ0v) is 16.0. The van der Waals surface area contributed by atoms with Gasteiger partial charge in [0.25, 0.3) is 0 Å². The highest BCUT2D eigenvalue weighted by atomic mass is 14.7. The third kappa shape index (κ3) is 2.94. The molecule has 136 valence electrons. The molecule has 0 spiro atoms. The van der Waals surface area contributed by atoms with Crippen LogP contribution in [0, 0.1) is 18.8 Å². The fourth-order valence-electron chi connectivity index (χ4n) is 4.48. The van der Waals surface area contributed by atoms with Crippen LogP contribution in [-0.4, -0.2) is 9.97 Å². The van der Waals surface area contributed by atoms with Crippen molar-refractivity contribution in [3.05, 3.63) is 64.4 Å². The molecule has 2 aliphatic carbocycles. The summed E-state index contributed by atoms with van der Waals surface area (Å²) in [4.78, 5) is 9.51. The Hall–Kier alpha value is -2.16. The van der Waals surface area contributed by atoms with Crippen molar-refractivity contribution in [2.75, 3.05) is 0 Å². The predicted molar refractivity (Wildman–Crippen MR) is 108 cm³/mol. The van der Waals surface area contributed by atoms with E-state index >= 15 is 0 Å². The molecule has 2 atom stereocenters. The van der Waals surface area contributed by atoms with Crippen molar-refractivity contribution >= 4 is 11.3 Å². The number of nitrogens with zero attached hydrogens (tertiary/aromatic N) is 2. The summed E-state index contributed by atoms with van der Waals surface area (Å²) in [7, 11) is 0. The lowest BCUT2D eigenvalue weighted by Gasteiger charge is -2.37. The van der Waals surface area contributed by atoms with Gasteiger partial charge in [0, 0.05) is 24.0 Å². The zero-order valence-electron chi connectivity index (χ0n) is 16.0. The number of aromatic nitrogens is 2. The van der Waals surface area contributed by atoms with Gasteiger partial charge in [0.1, 0.15) is 0 Å². The molecule has 0 amide bonds. The Bertz CT molecular complexity index is 831. The van der Waals surface area contributed by atoms with Crippen molar-refractivity contribution < 1.29 is 0 Å². The Morgan fingerprint density at radius 3 is 2.58 bits per heavy atom. The molecule has 26 heavy (non-hydrogen) atoms. The maximum Gasteiger partial charge on any atom is 0.0649 e. The topological polar surface area (TPSA) is 49.6 Å². The Morgan fingerprint density at radius 1 is 1.15 bits per heavy atom. The molecule has 2 aromatic heterocycles. The van der Waals surface area contributed by atoms with E-state index in [9.17, 15) is 0 Å². The van der Waals surface area contributed by atoms with Crippen molar-refractivity contribution in [1.82, 2.24) is 9.97 Å². The first-order chi connectivity index (χ1) is 12.6. The van der Waals surface area contributed by atoms with Gasteiger partial charge >= 0.3 is 0 Å². The first-order valence-electron chi connectivity index (χ1n) is 9.95. The summed E-state index contributed by atoms with van der Waals surface area (Å²) in [6.07, 6.45) is 9.81. The van der Waals surface area contributed by atoms with Crippen LogP contribution < -0.4 is 0 Å². The van der Waals surface area contributed by atoms with Crippen molar-refractivity contribution in [2.45, 2.75) is 58.8 Å². The van der Waals surface area contributed by atoms with Crippen LogP contribution in [0.25, 0.3) is 17.0 Å². The quantitative estimate of drug-likeness (QED) is 0.665. The Morgan fingerprint density at radius 2 is 1.96 bits per heavy atom. The lowest BCUT2D eigenvalue weighted by molar-refractivity contribution is 0.184. The number of fused-ring (bicyclic) bond motifs is 1. The zero-order chi connectivity index (χ0) is 18.3. The maximum atomic E-state index is 9.01. The fraction of sp³-hybridized carbons (Fsp3) is 0.478. The van der Waals surface area contributed by atoms with Gasteiger partial charge in [-0.15, -0.1) is 5.70 Å². The molecule has 2 aliphatic rings. The van der Waals surface area contributed by atoms with Gasteiger partial charge in [-0.25, -0.2) is 0 Å². The van der Waals surface area contributed by atoms with Crippen LogP contribution in [0.2, 0.25) is 0 Å². The van der Waals surface area contributed by atoms with Crippen LogP contribution in [0.5, 0.6) is 0 Å². The van der Waals surface area contributed by atoms with E-state index in [1.807, 2.05) is 12.4 Å². The van der Waals surface area contributed by atoms with E-state index in [1.165, 1.54) is 24.8 Å². The highest BCUT2D eigenvalue weighted by Crippen LogP contribution is 2.49. The number of allylic oxidation sites excluding steroid dienone is 1. The molecule has 3 heteroatoms. The highest BCUT2D eigenvalue weighted by molar-refractivity contribution is 5.93. The molecule has 1 fully saturated rings. The Kier molecular flexibility index (Phi) is 4.56. The summed E-state index contributed by atoms with van der Waals surface area (Å²) in [6.45, 7) is 6.53. The van der Waals surface area contributed by atoms with Crippen molar-refractivity contribution in [3.63, 3.8) is 0 Å². The molecule has 2 heterocycles. The molecule has 4 rings (SSSR count). The van der Waals surface area contributed by atoms with E-state index in [-0.39, 0.29) is 0 Å². The molecular weight excluding hydrogens is 318 g/mol. The van der Waals surface area contributed by atoms with E-state index < -0.39 is 0 Å². The van der Waals surface area contributed by atoms with Crippen LogP contribution in [0.3, 0.4) is 0 Å².